The van der Waals surface area contributed by atoms with Crippen molar-refractivity contribution in [2.75, 3.05) is 6.61 Å². The summed E-state index contributed by atoms with van der Waals surface area (Å²) in [5.74, 6) is 4.77. The maximum Gasteiger partial charge on any atom is 0.265 e. The van der Waals surface area contributed by atoms with Crippen LogP contribution in [0.4, 0.5) is 0 Å². The zero-order valence-electron chi connectivity index (χ0n) is 11.3. The van der Waals surface area contributed by atoms with Crippen LogP contribution in [-0.2, 0) is 11.3 Å². The van der Waals surface area contributed by atoms with E-state index < -0.39 is 0 Å². The molecule has 1 rings (SSSR count). The smallest absolute Gasteiger partial charge is 0.265 e. The highest BCUT2D eigenvalue weighted by atomic mass is 16.5. The molecule has 0 aliphatic rings. The fraction of sp³-hybridized carbons (Fsp3) is 0.500. The molecule has 0 aromatic heterocycles. The van der Waals surface area contributed by atoms with E-state index >= 15 is 0 Å². The second-order valence-electron chi connectivity index (χ2n) is 5.53. The van der Waals surface area contributed by atoms with E-state index in [2.05, 4.69) is 26.2 Å². The summed E-state index contributed by atoms with van der Waals surface area (Å²) in [5, 5.41) is 0. The molecule has 0 radical (unpaired) electrons. The molecule has 0 bridgehead atoms. The lowest BCUT2D eigenvalue weighted by atomic mass is 9.93. The van der Waals surface area contributed by atoms with Crippen LogP contribution < -0.4 is 11.3 Å². The highest BCUT2D eigenvalue weighted by Crippen LogP contribution is 2.18. The molecule has 4 nitrogen and oxygen atoms in total. The van der Waals surface area contributed by atoms with Gasteiger partial charge in [0.05, 0.1) is 6.61 Å². The van der Waals surface area contributed by atoms with E-state index in [-0.39, 0.29) is 5.91 Å². The van der Waals surface area contributed by atoms with E-state index in [1.54, 1.807) is 12.1 Å². The van der Waals surface area contributed by atoms with E-state index in [0.29, 0.717) is 17.6 Å². The molecule has 0 saturated carbocycles. The van der Waals surface area contributed by atoms with E-state index in [4.69, 9.17) is 10.6 Å². The maximum absolute atomic E-state index is 11.2. The lowest BCUT2D eigenvalue weighted by molar-refractivity contribution is 0.0946. The van der Waals surface area contributed by atoms with Gasteiger partial charge in [-0.15, -0.1) is 0 Å². The van der Waals surface area contributed by atoms with E-state index in [9.17, 15) is 4.79 Å². The summed E-state index contributed by atoms with van der Waals surface area (Å²) in [6.45, 7) is 7.89. The van der Waals surface area contributed by atoms with Crippen molar-refractivity contribution in [3.05, 3.63) is 35.4 Å². The number of benzene rings is 1. The quantitative estimate of drug-likeness (QED) is 0.364. The highest BCUT2D eigenvalue weighted by molar-refractivity contribution is 5.93. The lowest BCUT2D eigenvalue weighted by Gasteiger charge is -2.17. The first kappa shape index (κ1) is 14.7. The van der Waals surface area contributed by atoms with Gasteiger partial charge >= 0.3 is 0 Å². The molecule has 1 aromatic rings. The van der Waals surface area contributed by atoms with Crippen molar-refractivity contribution in [2.45, 2.75) is 33.8 Å². The number of nitrogens with two attached hydrogens (primary N) is 1. The van der Waals surface area contributed by atoms with Gasteiger partial charge in [0.1, 0.15) is 0 Å². The number of nitrogens with one attached hydrogen (secondary N) is 1. The van der Waals surface area contributed by atoms with Crippen molar-refractivity contribution in [1.82, 2.24) is 5.43 Å². The third kappa shape index (κ3) is 5.29. The number of hydrogen-bond acceptors (Lipinski definition) is 3. The predicted octanol–water partition coefficient (Wildman–Crippen LogP) is 2.24. The van der Waals surface area contributed by atoms with Gasteiger partial charge < -0.3 is 4.74 Å². The second-order valence-corrected chi connectivity index (χ2v) is 5.53. The Hall–Kier alpha value is -1.39. The van der Waals surface area contributed by atoms with Crippen molar-refractivity contribution in [1.29, 1.82) is 0 Å². The zero-order valence-corrected chi connectivity index (χ0v) is 11.3. The molecule has 0 aliphatic carbocycles. The average Bonchev–Trinajstić information content (AvgIpc) is 2.33. The summed E-state index contributed by atoms with van der Waals surface area (Å²) in [6, 6.07) is 7.23. The van der Waals surface area contributed by atoms with E-state index in [0.717, 1.165) is 18.6 Å². The SMILES string of the molecule is CC(C)(C)CCOCc1ccc(C(=O)NN)cc1. The van der Waals surface area contributed by atoms with Crippen molar-refractivity contribution < 1.29 is 9.53 Å². The molecule has 0 atom stereocenters. The molecule has 0 heterocycles. The number of carbonyl (C=O) groups excluding carboxylic acids is 1. The molecule has 0 fully saturated rings. The number of ether oxygens (including phenoxy) is 1. The Morgan fingerprint density at radius 3 is 2.39 bits per heavy atom. The summed E-state index contributed by atoms with van der Waals surface area (Å²) >= 11 is 0. The lowest BCUT2D eigenvalue weighted by Crippen LogP contribution is -2.29. The molecule has 4 heteroatoms. The fourth-order valence-electron chi connectivity index (χ4n) is 1.40. The van der Waals surface area contributed by atoms with Crippen LogP contribution in [-0.4, -0.2) is 12.5 Å². The summed E-state index contributed by atoms with van der Waals surface area (Å²) in [4.78, 5) is 11.2. The zero-order chi connectivity index (χ0) is 13.6. The summed E-state index contributed by atoms with van der Waals surface area (Å²) in [5.41, 5.74) is 4.00. The molecular weight excluding hydrogens is 228 g/mol. The van der Waals surface area contributed by atoms with Crippen LogP contribution in [0, 0.1) is 5.41 Å². The Balaban J connectivity index is 2.38. The number of hydrazine groups is 1. The Labute approximate surface area is 108 Å². The summed E-state index contributed by atoms with van der Waals surface area (Å²) in [7, 11) is 0. The third-order valence-corrected chi connectivity index (χ3v) is 2.61. The normalized spacial score (nSPS) is 11.3. The highest BCUT2D eigenvalue weighted by Gasteiger charge is 2.09. The van der Waals surface area contributed by atoms with Crippen LogP contribution in [0.5, 0.6) is 0 Å². The van der Waals surface area contributed by atoms with Crippen molar-refractivity contribution in [2.24, 2.45) is 11.3 Å². The van der Waals surface area contributed by atoms with E-state index in [1.165, 1.54) is 0 Å². The van der Waals surface area contributed by atoms with Crippen LogP contribution in [0.25, 0.3) is 0 Å². The van der Waals surface area contributed by atoms with Gasteiger partial charge in [-0.1, -0.05) is 32.9 Å². The second kappa shape index (κ2) is 6.52. The van der Waals surface area contributed by atoms with Gasteiger partial charge in [0, 0.05) is 12.2 Å². The van der Waals surface area contributed by atoms with Crippen LogP contribution in [0.2, 0.25) is 0 Å². The van der Waals surface area contributed by atoms with Crippen molar-refractivity contribution in [3.8, 4) is 0 Å². The van der Waals surface area contributed by atoms with Crippen LogP contribution in [0.15, 0.2) is 24.3 Å². The van der Waals surface area contributed by atoms with Gasteiger partial charge in [0.2, 0.25) is 0 Å². The van der Waals surface area contributed by atoms with Gasteiger partial charge in [0.15, 0.2) is 0 Å². The average molecular weight is 250 g/mol. The molecular formula is C14H22N2O2. The van der Waals surface area contributed by atoms with Crippen LogP contribution >= 0.6 is 0 Å². The Bertz CT molecular complexity index is 380. The van der Waals surface area contributed by atoms with Crippen LogP contribution in [0.3, 0.4) is 0 Å². The van der Waals surface area contributed by atoms with Gasteiger partial charge in [-0.25, -0.2) is 5.84 Å². The van der Waals surface area contributed by atoms with Gasteiger partial charge in [-0.05, 0) is 29.5 Å². The molecule has 0 unspecified atom stereocenters. The molecule has 18 heavy (non-hydrogen) atoms. The molecule has 1 amide bonds. The molecule has 0 aliphatic heterocycles. The Morgan fingerprint density at radius 2 is 1.89 bits per heavy atom. The number of rotatable bonds is 5. The monoisotopic (exact) mass is 250 g/mol. The maximum atomic E-state index is 11.2. The summed E-state index contributed by atoms with van der Waals surface area (Å²) in [6.07, 6.45) is 1.03. The predicted molar refractivity (Wildman–Crippen MR) is 71.8 cm³/mol. The van der Waals surface area contributed by atoms with Crippen molar-refractivity contribution in [3.63, 3.8) is 0 Å². The first-order chi connectivity index (χ1) is 8.42. The third-order valence-electron chi connectivity index (χ3n) is 2.61. The molecule has 0 saturated heterocycles. The van der Waals surface area contributed by atoms with Crippen LogP contribution in [0.1, 0.15) is 43.1 Å². The van der Waals surface area contributed by atoms with Gasteiger partial charge in [-0.2, -0.15) is 0 Å². The first-order valence-corrected chi connectivity index (χ1v) is 6.10. The van der Waals surface area contributed by atoms with Gasteiger partial charge in [0.25, 0.3) is 5.91 Å². The first-order valence-electron chi connectivity index (χ1n) is 6.10. The minimum atomic E-state index is -0.282. The van der Waals surface area contributed by atoms with E-state index in [1.807, 2.05) is 12.1 Å². The topological polar surface area (TPSA) is 64.3 Å². The fourth-order valence-corrected chi connectivity index (χ4v) is 1.40. The number of hydrogen-bond donors (Lipinski definition) is 2. The standard InChI is InChI=1S/C14H22N2O2/c1-14(2,3)8-9-18-10-11-4-6-12(7-5-11)13(17)16-15/h4-7H,8-10,15H2,1-3H3,(H,16,17). The molecule has 1 aromatic carbocycles. The number of nitrogen functional groups attached to an aromatic ring is 1. The number of amides is 1. The molecule has 3 N–H and O–H groups in total. The molecule has 100 valence electrons. The molecule has 0 spiro atoms. The Morgan fingerprint density at radius 1 is 1.28 bits per heavy atom. The van der Waals surface area contributed by atoms with Gasteiger partial charge in [-0.3, -0.25) is 10.2 Å². The minimum absolute atomic E-state index is 0.282. The van der Waals surface area contributed by atoms with Crippen molar-refractivity contribution >= 4 is 5.91 Å². The summed E-state index contributed by atoms with van der Waals surface area (Å²) < 4.78 is 5.60. The largest absolute Gasteiger partial charge is 0.377 e. The Kier molecular flexibility index (Phi) is 5.31. The number of carbonyl (C=O) groups is 1. The minimum Gasteiger partial charge on any atom is -0.377 e.